The van der Waals surface area contributed by atoms with E-state index in [1.807, 2.05) is 6.07 Å². The number of aromatic nitrogens is 1. The van der Waals surface area contributed by atoms with Crippen LogP contribution < -0.4 is 5.73 Å². The van der Waals surface area contributed by atoms with Gasteiger partial charge in [-0.25, -0.2) is 4.98 Å². The van der Waals surface area contributed by atoms with Crippen molar-refractivity contribution < 1.29 is 0 Å². The van der Waals surface area contributed by atoms with Crippen LogP contribution in [0.4, 0.5) is 5.82 Å². The van der Waals surface area contributed by atoms with Crippen LogP contribution >= 0.6 is 11.6 Å². The van der Waals surface area contributed by atoms with E-state index in [0.717, 1.165) is 17.4 Å². The summed E-state index contributed by atoms with van der Waals surface area (Å²) in [4.78, 5) is 4.15. The van der Waals surface area contributed by atoms with Gasteiger partial charge in [-0.2, -0.15) is 0 Å². The largest absolute Gasteiger partial charge is 0.383 e. The van der Waals surface area contributed by atoms with E-state index < -0.39 is 0 Å². The van der Waals surface area contributed by atoms with E-state index in [1.165, 1.54) is 19.3 Å². The lowest BCUT2D eigenvalue weighted by molar-refractivity contribution is 0.268. The molecule has 1 saturated carbocycles. The van der Waals surface area contributed by atoms with Gasteiger partial charge in [0, 0.05) is 6.20 Å². The van der Waals surface area contributed by atoms with E-state index in [-0.39, 0.29) is 0 Å². The molecular formula is C13H19ClN2. The highest BCUT2D eigenvalue weighted by molar-refractivity contribution is 6.30. The predicted octanol–water partition coefficient (Wildman–Crippen LogP) is 3.86. The Labute approximate surface area is 102 Å². The van der Waals surface area contributed by atoms with Crippen LogP contribution in [0.15, 0.2) is 12.3 Å². The molecule has 0 saturated heterocycles. The van der Waals surface area contributed by atoms with Gasteiger partial charge in [-0.15, -0.1) is 0 Å². The average molecular weight is 239 g/mol. The molecule has 2 unspecified atom stereocenters. The van der Waals surface area contributed by atoms with E-state index in [4.69, 9.17) is 17.3 Å². The highest BCUT2D eigenvalue weighted by Gasteiger charge is 2.26. The molecule has 1 aromatic heterocycles. The molecule has 0 spiro atoms. The molecule has 0 aromatic carbocycles. The van der Waals surface area contributed by atoms with E-state index in [1.54, 1.807) is 6.20 Å². The Morgan fingerprint density at radius 3 is 2.50 bits per heavy atom. The molecule has 0 radical (unpaired) electrons. The maximum atomic E-state index is 5.99. The van der Waals surface area contributed by atoms with Crippen molar-refractivity contribution in [2.75, 3.05) is 5.73 Å². The number of hydrogen-bond acceptors (Lipinski definition) is 2. The number of anilines is 1. The first-order valence-electron chi connectivity index (χ1n) is 5.97. The SMILES string of the molecule is CC1CC(C)CC(c2cc(Cl)cnc2N)C1. The molecule has 1 aliphatic carbocycles. The summed E-state index contributed by atoms with van der Waals surface area (Å²) in [7, 11) is 0. The van der Waals surface area contributed by atoms with Gasteiger partial charge in [0.15, 0.2) is 0 Å². The van der Waals surface area contributed by atoms with Gasteiger partial charge in [0.05, 0.1) is 5.02 Å². The molecule has 88 valence electrons. The zero-order valence-electron chi connectivity index (χ0n) is 9.91. The topological polar surface area (TPSA) is 38.9 Å². The highest BCUT2D eigenvalue weighted by atomic mass is 35.5. The first-order valence-corrected chi connectivity index (χ1v) is 6.35. The molecule has 1 aliphatic rings. The normalized spacial score (nSPS) is 30.3. The van der Waals surface area contributed by atoms with Crippen LogP contribution in [0.1, 0.15) is 44.6 Å². The second-order valence-corrected chi connectivity index (χ2v) is 5.68. The van der Waals surface area contributed by atoms with Crippen LogP contribution in [-0.2, 0) is 0 Å². The Morgan fingerprint density at radius 2 is 1.88 bits per heavy atom. The summed E-state index contributed by atoms with van der Waals surface area (Å²) in [6, 6.07) is 1.99. The lowest BCUT2D eigenvalue weighted by Gasteiger charge is -2.32. The molecule has 16 heavy (non-hydrogen) atoms. The molecule has 2 atom stereocenters. The first kappa shape index (κ1) is 11.7. The van der Waals surface area contributed by atoms with Gasteiger partial charge in [-0.3, -0.25) is 0 Å². The summed E-state index contributed by atoms with van der Waals surface area (Å²) in [5, 5.41) is 0.690. The van der Waals surface area contributed by atoms with Crippen molar-refractivity contribution in [1.29, 1.82) is 0 Å². The summed E-state index contributed by atoms with van der Waals surface area (Å²) in [6.07, 6.45) is 5.35. The Bertz CT molecular complexity index is 368. The molecule has 1 aromatic rings. The fraction of sp³-hybridized carbons (Fsp3) is 0.615. The Hall–Kier alpha value is -0.760. The van der Waals surface area contributed by atoms with Gasteiger partial charge in [0.1, 0.15) is 5.82 Å². The summed E-state index contributed by atoms with van der Waals surface area (Å²) in [6.45, 7) is 4.63. The maximum Gasteiger partial charge on any atom is 0.126 e. The molecule has 0 aliphatic heterocycles. The van der Waals surface area contributed by atoms with Gasteiger partial charge >= 0.3 is 0 Å². The van der Waals surface area contributed by atoms with E-state index in [9.17, 15) is 0 Å². The monoisotopic (exact) mass is 238 g/mol. The molecule has 2 nitrogen and oxygen atoms in total. The second-order valence-electron chi connectivity index (χ2n) is 5.24. The smallest absolute Gasteiger partial charge is 0.126 e. The fourth-order valence-electron chi connectivity index (χ4n) is 2.99. The summed E-state index contributed by atoms with van der Waals surface area (Å²) >= 11 is 5.99. The minimum absolute atomic E-state index is 0.532. The van der Waals surface area contributed by atoms with Gasteiger partial charge in [0.2, 0.25) is 0 Å². The third-order valence-electron chi connectivity index (χ3n) is 3.53. The Kier molecular flexibility index (Phi) is 3.38. The maximum absolute atomic E-state index is 5.99. The van der Waals surface area contributed by atoms with Crippen molar-refractivity contribution in [2.45, 2.75) is 39.0 Å². The van der Waals surface area contributed by atoms with Crippen molar-refractivity contribution in [3.63, 3.8) is 0 Å². The van der Waals surface area contributed by atoms with Crippen molar-refractivity contribution in [2.24, 2.45) is 11.8 Å². The van der Waals surface area contributed by atoms with Gasteiger partial charge in [-0.05, 0) is 48.6 Å². The minimum Gasteiger partial charge on any atom is -0.383 e. The second kappa shape index (κ2) is 4.62. The predicted molar refractivity (Wildman–Crippen MR) is 68.6 cm³/mol. The van der Waals surface area contributed by atoms with Crippen molar-refractivity contribution >= 4 is 17.4 Å². The molecule has 3 heteroatoms. The van der Waals surface area contributed by atoms with Crippen molar-refractivity contribution in [1.82, 2.24) is 4.98 Å². The van der Waals surface area contributed by atoms with Crippen molar-refractivity contribution in [3.8, 4) is 0 Å². The lowest BCUT2D eigenvalue weighted by Crippen LogP contribution is -2.19. The fourth-order valence-corrected chi connectivity index (χ4v) is 3.16. The third kappa shape index (κ3) is 2.49. The van der Waals surface area contributed by atoms with Crippen LogP contribution in [0.3, 0.4) is 0 Å². The lowest BCUT2D eigenvalue weighted by atomic mass is 9.74. The van der Waals surface area contributed by atoms with E-state index in [2.05, 4.69) is 18.8 Å². The number of nitrogen functional groups attached to an aromatic ring is 1. The number of nitrogens with zero attached hydrogens (tertiary/aromatic N) is 1. The van der Waals surface area contributed by atoms with Crippen LogP contribution in [0.25, 0.3) is 0 Å². The van der Waals surface area contributed by atoms with E-state index >= 15 is 0 Å². The number of rotatable bonds is 1. The molecule has 0 amide bonds. The third-order valence-corrected chi connectivity index (χ3v) is 3.74. The number of pyridine rings is 1. The van der Waals surface area contributed by atoms with Crippen LogP contribution in [0.2, 0.25) is 5.02 Å². The van der Waals surface area contributed by atoms with Gasteiger partial charge < -0.3 is 5.73 Å². The average Bonchev–Trinajstić information content (AvgIpc) is 2.20. The Balaban J connectivity index is 2.25. The summed E-state index contributed by atoms with van der Waals surface area (Å²) in [5.74, 6) is 2.72. The number of hydrogen-bond donors (Lipinski definition) is 1. The molecule has 0 bridgehead atoms. The standard InChI is InChI=1S/C13H19ClN2/c1-8-3-9(2)5-10(4-8)12-6-11(14)7-16-13(12)15/h6-10H,3-5H2,1-2H3,(H2,15,16). The van der Waals surface area contributed by atoms with Crippen molar-refractivity contribution in [3.05, 3.63) is 22.8 Å². The zero-order chi connectivity index (χ0) is 11.7. The number of nitrogens with two attached hydrogens (primary N) is 1. The quantitative estimate of drug-likeness (QED) is 0.807. The highest BCUT2D eigenvalue weighted by Crippen LogP contribution is 2.40. The van der Waals surface area contributed by atoms with Crippen LogP contribution in [-0.4, -0.2) is 4.98 Å². The molecular weight excluding hydrogens is 220 g/mol. The Morgan fingerprint density at radius 1 is 1.25 bits per heavy atom. The minimum atomic E-state index is 0.532. The molecule has 2 N–H and O–H groups in total. The van der Waals surface area contributed by atoms with Crippen LogP contribution in [0.5, 0.6) is 0 Å². The summed E-state index contributed by atoms with van der Waals surface area (Å²) < 4.78 is 0. The molecule has 1 fully saturated rings. The van der Waals surface area contributed by atoms with Gasteiger partial charge in [0.25, 0.3) is 0 Å². The van der Waals surface area contributed by atoms with Crippen LogP contribution in [0, 0.1) is 11.8 Å². The van der Waals surface area contributed by atoms with E-state index in [0.29, 0.717) is 16.8 Å². The molecule has 2 rings (SSSR count). The van der Waals surface area contributed by atoms with Gasteiger partial charge in [-0.1, -0.05) is 25.4 Å². The first-order chi connectivity index (χ1) is 7.56. The zero-order valence-corrected chi connectivity index (χ0v) is 10.7. The number of halogens is 1. The summed E-state index contributed by atoms with van der Waals surface area (Å²) in [5.41, 5.74) is 7.09. The molecule has 1 heterocycles.